The smallest absolute Gasteiger partial charge is 0.310 e. The van der Waals surface area contributed by atoms with Gasteiger partial charge in [0.2, 0.25) is 0 Å². The lowest BCUT2D eigenvalue weighted by atomic mass is 10.1. The number of rotatable bonds is 5. The monoisotopic (exact) mass is 325 g/mol. The zero-order valence-corrected chi connectivity index (χ0v) is 13.1. The summed E-state index contributed by atoms with van der Waals surface area (Å²) >= 11 is 0. The van der Waals surface area contributed by atoms with Gasteiger partial charge in [0.15, 0.2) is 0 Å². The Kier molecular flexibility index (Phi) is 4.65. The fourth-order valence-corrected chi connectivity index (χ4v) is 2.47. The molecule has 6 heteroatoms. The molecule has 0 atom stereocenters. The first-order chi connectivity index (χ1) is 11.7. The third kappa shape index (κ3) is 3.32. The van der Waals surface area contributed by atoms with Gasteiger partial charge in [0, 0.05) is 23.5 Å². The van der Waals surface area contributed by atoms with Gasteiger partial charge in [0.25, 0.3) is 0 Å². The Labute approximate surface area is 138 Å². The molecular weight excluding hydrogens is 309 g/mol. The molecule has 0 N–H and O–H groups in total. The van der Waals surface area contributed by atoms with Gasteiger partial charge in [-0.2, -0.15) is 5.10 Å². The molecule has 0 unspecified atom stereocenters. The zero-order valence-electron chi connectivity index (χ0n) is 13.1. The molecule has 3 rings (SSSR count). The van der Waals surface area contributed by atoms with Crippen LogP contribution in [0.1, 0.15) is 12.5 Å². The largest absolute Gasteiger partial charge is 0.466 e. The van der Waals surface area contributed by atoms with Crippen molar-refractivity contribution in [1.82, 2.24) is 14.8 Å². The molecule has 2 aromatic heterocycles. The molecule has 1 aromatic carbocycles. The number of ether oxygens (including phenoxy) is 1. The molecule has 0 aliphatic carbocycles. The molecule has 0 radical (unpaired) electrons. The van der Waals surface area contributed by atoms with Crippen molar-refractivity contribution >= 4 is 5.97 Å². The van der Waals surface area contributed by atoms with E-state index in [4.69, 9.17) is 4.74 Å². The van der Waals surface area contributed by atoms with Crippen LogP contribution in [0.2, 0.25) is 0 Å². The number of nitrogens with zero attached hydrogens (tertiary/aromatic N) is 3. The second kappa shape index (κ2) is 7.04. The average Bonchev–Trinajstić information content (AvgIpc) is 3.00. The lowest BCUT2D eigenvalue weighted by Crippen LogP contribution is -2.08. The zero-order chi connectivity index (χ0) is 16.9. The van der Waals surface area contributed by atoms with E-state index in [1.54, 1.807) is 42.3 Å². The molecule has 0 saturated heterocycles. The Balaban J connectivity index is 2.08. The van der Waals surface area contributed by atoms with E-state index in [1.165, 1.54) is 12.1 Å². The maximum atomic E-state index is 13.2. The highest BCUT2D eigenvalue weighted by molar-refractivity contribution is 5.77. The van der Waals surface area contributed by atoms with Crippen molar-refractivity contribution in [3.8, 4) is 16.9 Å². The van der Waals surface area contributed by atoms with Crippen LogP contribution in [-0.2, 0) is 16.0 Å². The fraction of sp³-hybridized carbons (Fsp3) is 0.167. The fourth-order valence-electron chi connectivity index (χ4n) is 2.47. The van der Waals surface area contributed by atoms with Gasteiger partial charge in [-0.05, 0) is 43.3 Å². The molecule has 0 bridgehead atoms. The maximum Gasteiger partial charge on any atom is 0.310 e. The average molecular weight is 325 g/mol. The standard InChI is InChI=1S/C18H16FN3O2/c1-2-24-17(23)11-14-12-21-22(16-5-3-15(19)4-6-16)18(14)13-7-9-20-10-8-13/h3-10,12H,2,11H2,1H3. The van der Waals surface area contributed by atoms with Crippen molar-refractivity contribution in [1.29, 1.82) is 0 Å². The summed E-state index contributed by atoms with van der Waals surface area (Å²) in [5, 5.41) is 4.37. The van der Waals surface area contributed by atoms with Crippen molar-refractivity contribution in [2.24, 2.45) is 0 Å². The quantitative estimate of drug-likeness (QED) is 0.676. The van der Waals surface area contributed by atoms with Crippen molar-refractivity contribution in [3.05, 3.63) is 66.4 Å². The summed E-state index contributed by atoms with van der Waals surface area (Å²) in [6.07, 6.45) is 5.10. The summed E-state index contributed by atoms with van der Waals surface area (Å²) in [5.41, 5.74) is 3.07. The minimum atomic E-state index is -0.317. The summed E-state index contributed by atoms with van der Waals surface area (Å²) in [7, 11) is 0. The van der Waals surface area contributed by atoms with E-state index in [1.807, 2.05) is 12.1 Å². The van der Waals surface area contributed by atoms with Crippen LogP contribution in [0.15, 0.2) is 55.0 Å². The van der Waals surface area contributed by atoms with Gasteiger partial charge < -0.3 is 4.74 Å². The third-order valence-corrected chi connectivity index (χ3v) is 3.51. The van der Waals surface area contributed by atoms with Crippen LogP contribution >= 0.6 is 0 Å². The number of pyridine rings is 1. The second-order valence-electron chi connectivity index (χ2n) is 5.12. The Bertz CT molecular complexity index is 829. The molecule has 0 fully saturated rings. The van der Waals surface area contributed by atoms with Gasteiger partial charge in [0.05, 0.1) is 30.6 Å². The molecule has 0 saturated carbocycles. The topological polar surface area (TPSA) is 57.0 Å². The highest BCUT2D eigenvalue weighted by Crippen LogP contribution is 2.27. The van der Waals surface area contributed by atoms with Crippen LogP contribution in [-0.4, -0.2) is 27.3 Å². The van der Waals surface area contributed by atoms with E-state index >= 15 is 0 Å². The van der Waals surface area contributed by atoms with Gasteiger partial charge in [-0.3, -0.25) is 9.78 Å². The predicted molar refractivity (Wildman–Crippen MR) is 87.1 cm³/mol. The van der Waals surface area contributed by atoms with Gasteiger partial charge >= 0.3 is 5.97 Å². The number of halogens is 1. The Morgan fingerprint density at radius 1 is 1.17 bits per heavy atom. The summed E-state index contributed by atoms with van der Waals surface area (Å²) in [6.45, 7) is 2.10. The summed E-state index contributed by atoms with van der Waals surface area (Å²) in [4.78, 5) is 15.9. The van der Waals surface area contributed by atoms with Crippen LogP contribution < -0.4 is 0 Å². The van der Waals surface area contributed by atoms with E-state index in [9.17, 15) is 9.18 Å². The van der Waals surface area contributed by atoms with E-state index in [0.29, 0.717) is 12.3 Å². The lowest BCUT2D eigenvalue weighted by Gasteiger charge is -2.10. The molecule has 0 aliphatic rings. The molecular formula is C18H16FN3O2. The number of carbonyl (C=O) groups excluding carboxylic acids is 1. The van der Waals surface area contributed by atoms with E-state index in [-0.39, 0.29) is 18.2 Å². The molecule has 2 heterocycles. The number of benzene rings is 1. The highest BCUT2D eigenvalue weighted by atomic mass is 19.1. The number of carbonyl (C=O) groups is 1. The Morgan fingerprint density at radius 2 is 1.88 bits per heavy atom. The van der Waals surface area contributed by atoms with Crippen LogP contribution in [0, 0.1) is 5.82 Å². The first-order valence-corrected chi connectivity index (χ1v) is 7.58. The third-order valence-electron chi connectivity index (χ3n) is 3.51. The first-order valence-electron chi connectivity index (χ1n) is 7.58. The van der Waals surface area contributed by atoms with E-state index in [0.717, 1.165) is 16.8 Å². The van der Waals surface area contributed by atoms with Crippen molar-refractivity contribution in [2.75, 3.05) is 6.61 Å². The minimum Gasteiger partial charge on any atom is -0.466 e. The molecule has 0 amide bonds. The van der Waals surface area contributed by atoms with Crippen LogP contribution in [0.5, 0.6) is 0 Å². The molecule has 5 nitrogen and oxygen atoms in total. The van der Waals surface area contributed by atoms with E-state index < -0.39 is 0 Å². The minimum absolute atomic E-state index is 0.118. The Hall–Kier alpha value is -3.02. The first kappa shape index (κ1) is 15.9. The van der Waals surface area contributed by atoms with Crippen molar-refractivity contribution in [3.63, 3.8) is 0 Å². The summed E-state index contributed by atoms with van der Waals surface area (Å²) < 4.78 is 19.9. The predicted octanol–water partition coefficient (Wildman–Crippen LogP) is 3.18. The number of hydrogen-bond acceptors (Lipinski definition) is 4. The lowest BCUT2D eigenvalue weighted by molar-refractivity contribution is -0.142. The maximum absolute atomic E-state index is 13.2. The number of esters is 1. The SMILES string of the molecule is CCOC(=O)Cc1cnn(-c2ccc(F)cc2)c1-c1ccncc1. The molecule has 122 valence electrons. The summed E-state index contributed by atoms with van der Waals surface area (Å²) in [5.74, 6) is -0.630. The number of aromatic nitrogens is 3. The van der Waals surface area contributed by atoms with Gasteiger partial charge in [-0.1, -0.05) is 0 Å². The van der Waals surface area contributed by atoms with Crippen LogP contribution in [0.4, 0.5) is 4.39 Å². The Morgan fingerprint density at radius 3 is 2.54 bits per heavy atom. The molecule has 0 spiro atoms. The molecule has 0 aliphatic heterocycles. The normalized spacial score (nSPS) is 10.6. The van der Waals surface area contributed by atoms with Gasteiger partial charge in [0.1, 0.15) is 5.82 Å². The van der Waals surface area contributed by atoms with Gasteiger partial charge in [-0.15, -0.1) is 0 Å². The van der Waals surface area contributed by atoms with Crippen molar-refractivity contribution in [2.45, 2.75) is 13.3 Å². The van der Waals surface area contributed by atoms with Gasteiger partial charge in [-0.25, -0.2) is 9.07 Å². The van der Waals surface area contributed by atoms with Crippen LogP contribution in [0.3, 0.4) is 0 Å². The van der Waals surface area contributed by atoms with E-state index in [2.05, 4.69) is 10.1 Å². The second-order valence-corrected chi connectivity index (χ2v) is 5.12. The number of hydrogen-bond donors (Lipinski definition) is 0. The molecule has 3 aromatic rings. The highest BCUT2D eigenvalue weighted by Gasteiger charge is 2.17. The molecule has 24 heavy (non-hydrogen) atoms. The summed E-state index contributed by atoms with van der Waals surface area (Å²) in [6, 6.07) is 9.70. The van der Waals surface area contributed by atoms with Crippen LogP contribution in [0.25, 0.3) is 16.9 Å². The van der Waals surface area contributed by atoms with Crippen molar-refractivity contribution < 1.29 is 13.9 Å².